The molecule has 4 nitrogen and oxygen atoms in total. The van der Waals surface area contributed by atoms with Crippen LogP contribution in [0.2, 0.25) is 8.67 Å². The summed E-state index contributed by atoms with van der Waals surface area (Å²) in [5, 5.41) is 6.33. The average Bonchev–Trinajstić information content (AvgIpc) is 2.83. The summed E-state index contributed by atoms with van der Waals surface area (Å²) < 4.78 is 1.44. The number of hydrogen-bond acceptors (Lipinski definition) is 4. The molecule has 0 saturated carbocycles. The molecule has 0 bridgehead atoms. The van der Waals surface area contributed by atoms with E-state index in [0.29, 0.717) is 10.8 Å². The van der Waals surface area contributed by atoms with Gasteiger partial charge in [0.2, 0.25) is 5.91 Å². The molecule has 8 heteroatoms. The number of piperazine rings is 1. The fraction of sp³-hybridized carbons (Fsp3) is 0.667. The fourth-order valence-electron chi connectivity index (χ4n) is 2.54. The van der Waals surface area contributed by atoms with Crippen molar-refractivity contribution in [1.29, 1.82) is 0 Å². The van der Waals surface area contributed by atoms with Crippen LogP contribution >= 0.6 is 46.9 Å². The van der Waals surface area contributed by atoms with Gasteiger partial charge in [-0.25, -0.2) is 0 Å². The van der Waals surface area contributed by atoms with Gasteiger partial charge in [-0.1, -0.05) is 23.2 Å². The molecule has 132 valence electrons. The molecule has 0 unspecified atom stereocenters. The van der Waals surface area contributed by atoms with Gasteiger partial charge in [0.25, 0.3) is 0 Å². The van der Waals surface area contributed by atoms with Crippen molar-refractivity contribution in [3.8, 4) is 0 Å². The van der Waals surface area contributed by atoms with Crippen molar-refractivity contribution in [2.75, 3.05) is 39.3 Å². The number of aryl methyl sites for hydroxylation is 1. The third-order valence-electron chi connectivity index (χ3n) is 3.76. The Kier molecular flexibility index (Phi) is 10.5. The third kappa shape index (κ3) is 8.05. The van der Waals surface area contributed by atoms with Crippen molar-refractivity contribution in [3.05, 3.63) is 20.3 Å². The summed E-state index contributed by atoms with van der Waals surface area (Å²) in [6.45, 7) is 6.18. The van der Waals surface area contributed by atoms with Gasteiger partial charge < -0.3 is 15.5 Å². The molecule has 0 radical (unpaired) electrons. The molecule has 2 heterocycles. The first kappa shape index (κ1) is 21.0. The minimum absolute atomic E-state index is 0. The Balaban J connectivity index is 0.00000264. The van der Waals surface area contributed by atoms with Crippen molar-refractivity contribution < 1.29 is 4.79 Å². The smallest absolute Gasteiger partial charge is 0.220 e. The lowest BCUT2D eigenvalue weighted by molar-refractivity contribution is -0.121. The minimum Gasteiger partial charge on any atom is -0.356 e. The van der Waals surface area contributed by atoms with E-state index in [1.165, 1.54) is 11.3 Å². The van der Waals surface area contributed by atoms with Crippen LogP contribution in [0.4, 0.5) is 0 Å². The van der Waals surface area contributed by atoms with Crippen LogP contribution in [0.25, 0.3) is 0 Å². The lowest BCUT2D eigenvalue weighted by Crippen LogP contribution is -2.44. The lowest BCUT2D eigenvalue weighted by atomic mass is 10.1. The number of nitrogens with one attached hydrogen (secondary N) is 2. The standard InChI is InChI=1S/C15H23Cl2N3OS.ClH/c16-13-11-12(15(17)22-13)3-1-4-14(21)19-5-2-8-20-9-6-18-7-10-20;/h11,18H,1-10H2,(H,19,21);1H. The maximum Gasteiger partial charge on any atom is 0.220 e. The van der Waals surface area contributed by atoms with Crippen LogP contribution < -0.4 is 10.6 Å². The summed E-state index contributed by atoms with van der Waals surface area (Å²) >= 11 is 13.3. The first-order valence-corrected chi connectivity index (χ1v) is 9.36. The summed E-state index contributed by atoms with van der Waals surface area (Å²) in [5.41, 5.74) is 1.04. The maximum absolute atomic E-state index is 11.8. The van der Waals surface area contributed by atoms with Gasteiger partial charge in [0.1, 0.15) is 0 Å². The van der Waals surface area contributed by atoms with Gasteiger partial charge in [-0.15, -0.1) is 23.7 Å². The number of carbonyl (C=O) groups is 1. The van der Waals surface area contributed by atoms with Crippen molar-refractivity contribution >= 4 is 52.9 Å². The number of rotatable bonds is 8. The Morgan fingerprint density at radius 3 is 2.70 bits per heavy atom. The second-order valence-electron chi connectivity index (χ2n) is 5.50. The Morgan fingerprint density at radius 2 is 2.04 bits per heavy atom. The second kappa shape index (κ2) is 11.5. The predicted molar refractivity (Wildman–Crippen MR) is 101 cm³/mol. The molecule has 2 rings (SSSR count). The molecule has 0 aromatic carbocycles. The average molecular weight is 401 g/mol. The summed E-state index contributed by atoms with van der Waals surface area (Å²) in [7, 11) is 0. The van der Waals surface area contributed by atoms with Gasteiger partial charge in [-0.3, -0.25) is 4.79 Å². The van der Waals surface area contributed by atoms with E-state index in [4.69, 9.17) is 23.2 Å². The monoisotopic (exact) mass is 399 g/mol. The zero-order valence-electron chi connectivity index (χ0n) is 13.1. The fourth-order valence-corrected chi connectivity index (χ4v) is 4.08. The van der Waals surface area contributed by atoms with Crippen molar-refractivity contribution in [1.82, 2.24) is 15.5 Å². The highest BCUT2D eigenvalue weighted by Gasteiger charge is 2.09. The number of thiophene rings is 1. The number of hydrogen-bond donors (Lipinski definition) is 2. The second-order valence-corrected chi connectivity index (χ2v) is 7.78. The Hall–Kier alpha value is -0.0400. The molecule has 23 heavy (non-hydrogen) atoms. The van der Waals surface area contributed by atoms with E-state index in [1.807, 2.05) is 6.07 Å². The van der Waals surface area contributed by atoms with Crippen LogP contribution in [0.1, 0.15) is 24.8 Å². The van der Waals surface area contributed by atoms with Crippen LogP contribution in [0.5, 0.6) is 0 Å². The van der Waals surface area contributed by atoms with E-state index >= 15 is 0 Å². The van der Waals surface area contributed by atoms with Crippen molar-refractivity contribution in [2.45, 2.75) is 25.7 Å². The van der Waals surface area contributed by atoms with E-state index in [9.17, 15) is 4.79 Å². The molecule has 0 aliphatic carbocycles. The highest BCUT2D eigenvalue weighted by Crippen LogP contribution is 2.31. The number of carbonyl (C=O) groups excluding carboxylic acids is 1. The van der Waals surface area contributed by atoms with Crippen LogP contribution in [0.15, 0.2) is 6.07 Å². The first-order chi connectivity index (χ1) is 10.6. The maximum atomic E-state index is 11.8. The van der Waals surface area contributed by atoms with Gasteiger partial charge in [-0.2, -0.15) is 0 Å². The normalized spacial score (nSPS) is 15.2. The third-order valence-corrected chi connectivity index (χ3v) is 5.33. The Labute approximate surface area is 158 Å². The van der Waals surface area contributed by atoms with Crippen molar-refractivity contribution in [3.63, 3.8) is 0 Å². The molecular weight excluding hydrogens is 377 g/mol. The SMILES string of the molecule is Cl.O=C(CCCc1cc(Cl)sc1Cl)NCCCN1CCNCC1. The van der Waals surface area contributed by atoms with Crippen LogP contribution in [0, 0.1) is 0 Å². The minimum atomic E-state index is 0. The van der Waals surface area contributed by atoms with E-state index in [1.54, 1.807) is 0 Å². The Bertz CT molecular complexity index is 479. The van der Waals surface area contributed by atoms with Gasteiger partial charge in [0, 0.05) is 39.1 Å². The molecule has 1 saturated heterocycles. The van der Waals surface area contributed by atoms with Crippen LogP contribution in [-0.2, 0) is 11.2 Å². The van der Waals surface area contributed by atoms with Crippen LogP contribution in [-0.4, -0.2) is 50.1 Å². The molecule has 0 atom stereocenters. The van der Waals surface area contributed by atoms with E-state index in [2.05, 4.69) is 15.5 Å². The van der Waals surface area contributed by atoms with Crippen molar-refractivity contribution in [2.24, 2.45) is 0 Å². The topological polar surface area (TPSA) is 44.4 Å². The predicted octanol–water partition coefficient (Wildman–Crippen LogP) is 3.21. The molecular formula is C15H24Cl3N3OS. The lowest BCUT2D eigenvalue weighted by Gasteiger charge is -2.27. The molecule has 1 aromatic heterocycles. The first-order valence-electron chi connectivity index (χ1n) is 7.78. The molecule has 1 aromatic rings. The molecule has 1 amide bonds. The zero-order valence-corrected chi connectivity index (χ0v) is 16.2. The Morgan fingerprint density at radius 1 is 1.30 bits per heavy atom. The molecule has 0 spiro atoms. The van der Waals surface area contributed by atoms with Gasteiger partial charge in [0.05, 0.1) is 8.67 Å². The molecule has 1 aliphatic heterocycles. The highest BCUT2D eigenvalue weighted by molar-refractivity contribution is 7.20. The van der Waals surface area contributed by atoms with E-state index < -0.39 is 0 Å². The quantitative estimate of drug-likeness (QED) is 0.659. The van der Waals surface area contributed by atoms with Gasteiger partial charge in [0.15, 0.2) is 0 Å². The van der Waals surface area contributed by atoms with Gasteiger partial charge in [-0.05, 0) is 37.4 Å². The summed E-state index contributed by atoms with van der Waals surface area (Å²) in [6.07, 6.45) is 3.15. The number of nitrogens with zero attached hydrogens (tertiary/aromatic N) is 1. The molecule has 1 aliphatic rings. The van der Waals surface area contributed by atoms with E-state index in [0.717, 1.165) is 68.4 Å². The molecule has 1 fully saturated rings. The van der Waals surface area contributed by atoms with Gasteiger partial charge >= 0.3 is 0 Å². The molecule has 2 N–H and O–H groups in total. The largest absolute Gasteiger partial charge is 0.356 e. The number of amides is 1. The van der Waals surface area contributed by atoms with E-state index in [-0.39, 0.29) is 18.3 Å². The summed E-state index contributed by atoms with van der Waals surface area (Å²) in [4.78, 5) is 14.2. The number of halogens is 3. The summed E-state index contributed by atoms with van der Waals surface area (Å²) in [5.74, 6) is 0.123. The highest BCUT2D eigenvalue weighted by atomic mass is 35.5. The zero-order chi connectivity index (χ0) is 15.8. The summed E-state index contributed by atoms with van der Waals surface area (Å²) in [6, 6.07) is 1.89. The van der Waals surface area contributed by atoms with Crippen LogP contribution in [0.3, 0.4) is 0 Å².